The Hall–Kier alpha value is -0.810. The Labute approximate surface area is 81.2 Å². The van der Waals surface area contributed by atoms with Crippen LogP contribution in [0, 0.1) is 11.3 Å². The van der Waals surface area contributed by atoms with E-state index in [0.717, 1.165) is 4.47 Å². The van der Waals surface area contributed by atoms with Crippen molar-refractivity contribution in [3.05, 3.63) is 33.8 Å². The molecule has 0 heterocycles. The highest BCUT2D eigenvalue weighted by atomic mass is 79.9. The average molecular weight is 224 g/mol. The third-order valence-corrected chi connectivity index (χ3v) is 2.17. The molecule has 0 bridgehead atoms. The fourth-order valence-corrected chi connectivity index (χ4v) is 1.52. The molecular formula is C10H10BrN. The topological polar surface area (TPSA) is 23.8 Å². The van der Waals surface area contributed by atoms with E-state index in [-0.39, 0.29) is 0 Å². The minimum Gasteiger partial charge on any atom is -0.192 e. The Kier molecular flexibility index (Phi) is 2.88. The first-order valence-electron chi connectivity index (χ1n) is 3.84. The molecule has 1 aromatic rings. The van der Waals surface area contributed by atoms with Gasteiger partial charge in [0.25, 0.3) is 0 Å². The molecule has 0 saturated carbocycles. The predicted molar refractivity (Wildman–Crippen MR) is 52.9 cm³/mol. The van der Waals surface area contributed by atoms with Gasteiger partial charge in [-0.15, -0.1) is 0 Å². The summed E-state index contributed by atoms with van der Waals surface area (Å²) in [5.41, 5.74) is 1.91. The van der Waals surface area contributed by atoms with Crippen molar-refractivity contribution in [2.45, 2.75) is 19.8 Å². The van der Waals surface area contributed by atoms with Gasteiger partial charge in [-0.1, -0.05) is 29.8 Å². The molecule has 1 rings (SSSR count). The van der Waals surface area contributed by atoms with Crippen LogP contribution in [0.15, 0.2) is 22.7 Å². The highest BCUT2D eigenvalue weighted by Crippen LogP contribution is 2.21. The second-order valence-electron chi connectivity index (χ2n) is 3.04. The second kappa shape index (κ2) is 3.73. The number of benzene rings is 1. The molecule has 0 saturated heterocycles. The molecule has 0 fully saturated rings. The molecule has 2 heteroatoms. The van der Waals surface area contributed by atoms with Gasteiger partial charge < -0.3 is 0 Å². The molecular weight excluding hydrogens is 214 g/mol. The van der Waals surface area contributed by atoms with Crippen molar-refractivity contribution < 1.29 is 0 Å². The molecule has 0 atom stereocenters. The average Bonchev–Trinajstić information content (AvgIpc) is 2.03. The maximum atomic E-state index is 8.70. The molecule has 0 radical (unpaired) electrons. The van der Waals surface area contributed by atoms with E-state index in [9.17, 15) is 0 Å². The first-order chi connectivity index (χ1) is 5.63. The summed E-state index contributed by atoms with van der Waals surface area (Å²) >= 11 is 3.37. The second-order valence-corrected chi connectivity index (χ2v) is 3.96. The molecule has 0 aromatic heterocycles. The summed E-state index contributed by atoms with van der Waals surface area (Å²) in [7, 11) is 0. The minimum absolute atomic E-state index is 0.467. The van der Waals surface area contributed by atoms with Crippen molar-refractivity contribution in [1.29, 1.82) is 5.26 Å². The number of nitrogens with zero attached hydrogens (tertiary/aromatic N) is 1. The van der Waals surface area contributed by atoms with Crippen LogP contribution in [0.2, 0.25) is 0 Å². The molecule has 12 heavy (non-hydrogen) atoms. The van der Waals surface area contributed by atoms with E-state index in [0.29, 0.717) is 11.5 Å². The van der Waals surface area contributed by atoms with Crippen molar-refractivity contribution in [2.75, 3.05) is 0 Å². The van der Waals surface area contributed by atoms with E-state index < -0.39 is 0 Å². The Morgan fingerprint density at radius 2 is 2.00 bits per heavy atom. The number of rotatable bonds is 1. The maximum absolute atomic E-state index is 8.70. The van der Waals surface area contributed by atoms with Crippen LogP contribution < -0.4 is 0 Å². The summed E-state index contributed by atoms with van der Waals surface area (Å²) in [5, 5.41) is 8.70. The molecule has 1 aromatic carbocycles. The van der Waals surface area contributed by atoms with Crippen LogP contribution in [0.3, 0.4) is 0 Å². The van der Waals surface area contributed by atoms with E-state index in [2.05, 4.69) is 35.8 Å². The van der Waals surface area contributed by atoms with Crippen molar-refractivity contribution in [3.8, 4) is 6.07 Å². The van der Waals surface area contributed by atoms with Crippen molar-refractivity contribution in [3.63, 3.8) is 0 Å². The summed E-state index contributed by atoms with van der Waals surface area (Å²) in [6.45, 7) is 4.23. The van der Waals surface area contributed by atoms with Gasteiger partial charge in [-0.25, -0.2) is 0 Å². The molecule has 62 valence electrons. The number of hydrogen-bond donors (Lipinski definition) is 0. The number of nitriles is 1. The van der Waals surface area contributed by atoms with E-state index in [1.165, 1.54) is 5.56 Å². The van der Waals surface area contributed by atoms with Gasteiger partial charge in [0.2, 0.25) is 0 Å². The lowest BCUT2D eigenvalue weighted by Crippen LogP contribution is -1.88. The lowest BCUT2D eigenvalue weighted by atomic mass is 10.0. The van der Waals surface area contributed by atoms with Crippen LogP contribution in [-0.4, -0.2) is 0 Å². The summed E-state index contributed by atoms with van der Waals surface area (Å²) in [6.07, 6.45) is 0. The Morgan fingerprint density at radius 1 is 1.33 bits per heavy atom. The van der Waals surface area contributed by atoms with Crippen LogP contribution in [0.4, 0.5) is 0 Å². The molecule has 0 unspecified atom stereocenters. The smallest absolute Gasteiger partial charge is 0.0992 e. The van der Waals surface area contributed by atoms with Gasteiger partial charge in [-0.2, -0.15) is 5.26 Å². The normalized spacial score (nSPS) is 9.92. The van der Waals surface area contributed by atoms with Crippen LogP contribution in [0.5, 0.6) is 0 Å². The molecule has 0 aliphatic carbocycles. The van der Waals surface area contributed by atoms with Gasteiger partial charge in [-0.3, -0.25) is 0 Å². The van der Waals surface area contributed by atoms with E-state index in [4.69, 9.17) is 5.26 Å². The monoisotopic (exact) mass is 223 g/mol. The van der Waals surface area contributed by atoms with Gasteiger partial charge in [0.05, 0.1) is 11.6 Å². The SMILES string of the molecule is CC(C)c1cc(Br)cc(C#N)c1. The van der Waals surface area contributed by atoms with Crippen LogP contribution >= 0.6 is 15.9 Å². The summed E-state index contributed by atoms with van der Waals surface area (Å²) in [5.74, 6) is 0.467. The Balaban J connectivity index is 3.17. The third kappa shape index (κ3) is 2.09. The largest absolute Gasteiger partial charge is 0.192 e. The minimum atomic E-state index is 0.467. The standard InChI is InChI=1S/C10H10BrN/c1-7(2)9-3-8(6-12)4-10(11)5-9/h3-5,7H,1-2H3. The van der Waals surface area contributed by atoms with Crippen LogP contribution in [0.25, 0.3) is 0 Å². The number of hydrogen-bond acceptors (Lipinski definition) is 1. The Morgan fingerprint density at radius 3 is 2.50 bits per heavy atom. The molecule has 0 N–H and O–H groups in total. The highest BCUT2D eigenvalue weighted by molar-refractivity contribution is 9.10. The van der Waals surface area contributed by atoms with Crippen LogP contribution in [-0.2, 0) is 0 Å². The molecule has 1 nitrogen and oxygen atoms in total. The summed E-state index contributed by atoms with van der Waals surface area (Å²) < 4.78 is 0.977. The molecule has 0 aliphatic heterocycles. The fourth-order valence-electron chi connectivity index (χ4n) is 1.01. The lowest BCUT2D eigenvalue weighted by Gasteiger charge is -2.05. The van der Waals surface area contributed by atoms with Crippen LogP contribution in [0.1, 0.15) is 30.9 Å². The first-order valence-corrected chi connectivity index (χ1v) is 4.63. The van der Waals surface area contributed by atoms with Gasteiger partial charge in [-0.05, 0) is 29.7 Å². The van der Waals surface area contributed by atoms with Gasteiger partial charge in [0.15, 0.2) is 0 Å². The fraction of sp³-hybridized carbons (Fsp3) is 0.300. The summed E-state index contributed by atoms with van der Waals surface area (Å²) in [4.78, 5) is 0. The Bertz CT molecular complexity index is 323. The van der Waals surface area contributed by atoms with Crippen molar-refractivity contribution in [1.82, 2.24) is 0 Å². The zero-order valence-corrected chi connectivity index (χ0v) is 8.72. The van der Waals surface area contributed by atoms with Crippen molar-refractivity contribution in [2.24, 2.45) is 0 Å². The van der Waals surface area contributed by atoms with Gasteiger partial charge in [0.1, 0.15) is 0 Å². The van der Waals surface area contributed by atoms with Gasteiger partial charge in [0, 0.05) is 4.47 Å². The predicted octanol–water partition coefficient (Wildman–Crippen LogP) is 3.44. The third-order valence-electron chi connectivity index (χ3n) is 1.72. The number of halogens is 1. The van der Waals surface area contributed by atoms with E-state index >= 15 is 0 Å². The van der Waals surface area contributed by atoms with Gasteiger partial charge >= 0.3 is 0 Å². The molecule has 0 amide bonds. The maximum Gasteiger partial charge on any atom is 0.0992 e. The summed E-state index contributed by atoms with van der Waals surface area (Å²) in [6, 6.07) is 7.93. The zero-order valence-electron chi connectivity index (χ0n) is 7.13. The zero-order chi connectivity index (χ0) is 9.14. The van der Waals surface area contributed by atoms with E-state index in [1.807, 2.05) is 18.2 Å². The van der Waals surface area contributed by atoms with Crippen molar-refractivity contribution >= 4 is 15.9 Å². The molecule has 0 aliphatic rings. The molecule has 0 spiro atoms. The van der Waals surface area contributed by atoms with E-state index in [1.54, 1.807) is 0 Å². The highest BCUT2D eigenvalue weighted by Gasteiger charge is 2.01. The lowest BCUT2D eigenvalue weighted by molar-refractivity contribution is 0.865. The first kappa shape index (κ1) is 9.28. The quantitative estimate of drug-likeness (QED) is 0.716.